The van der Waals surface area contributed by atoms with Crippen molar-refractivity contribution in [1.82, 2.24) is 0 Å². The van der Waals surface area contributed by atoms with Gasteiger partial charge in [0.05, 0.1) is 17.5 Å². The summed E-state index contributed by atoms with van der Waals surface area (Å²) in [7, 11) is 0. The second-order valence-electron chi connectivity index (χ2n) is 7.56. The first-order valence-corrected chi connectivity index (χ1v) is 9.29. The number of hydrogen-bond acceptors (Lipinski definition) is 4. The number of benzene rings is 2. The first-order chi connectivity index (χ1) is 13.5. The van der Waals surface area contributed by atoms with Crippen molar-refractivity contribution < 1.29 is 19.5 Å². The Kier molecular flexibility index (Phi) is 3.62. The number of nitrogens with zero attached hydrogens (tertiary/aromatic N) is 1. The van der Waals surface area contributed by atoms with E-state index < -0.39 is 0 Å². The highest BCUT2D eigenvalue weighted by Crippen LogP contribution is 2.53. The van der Waals surface area contributed by atoms with Gasteiger partial charge in [-0.1, -0.05) is 18.2 Å². The number of allylic oxidation sites excluding steroid dienone is 2. The van der Waals surface area contributed by atoms with E-state index in [4.69, 9.17) is 0 Å². The summed E-state index contributed by atoms with van der Waals surface area (Å²) in [4.78, 5) is 39.4. The summed E-state index contributed by atoms with van der Waals surface area (Å²) < 4.78 is 0. The summed E-state index contributed by atoms with van der Waals surface area (Å²) in [6.45, 7) is 0. The Hall–Kier alpha value is -3.41. The average molecular weight is 374 g/mol. The molecule has 2 aromatic carbocycles. The fourth-order valence-corrected chi connectivity index (χ4v) is 4.71. The maximum atomic E-state index is 12.8. The molecule has 2 aromatic rings. The SMILES string of the molecule is O=C(Nc1cccc(O)c1)c1ccc(N2C(=O)[C@@H]3[C@@H](C2=O)[C@H]2C=C[C@H]3C2)cc1. The van der Waals surface area contributed by atoms with Crippen LogP contribution in [-0.4, -0.2) is 22.8 Å². The van der Waals surface area contributed by atoms with Crippen LogP contribution in [0.3, 0.4) is 0 Å². The van der Waals surface area contributed by atoms with E-state index in [0.717, 1.165) is 6.42 Å². The van der Waals surface area contributed by atoms with Crippen molar-refractivity contribution in [2.75, 3.05) is 10.2 Å². The maximum Gasteiger partial charge on any atom is 0.255 e. The molecule has 140 valence electrons. The van der Waals surface area contributed by atoms with Crippen LogP contribution in [0.4, 0.5) is 11.4 Å². The van der Waals surface area contributed by atoms with Crippen LogP contribution in [0.5, 0.6) is 5.75 Å². The first-order valence-electron chi connectivity index (χ1n) is 9.29. The highest BCUT2D eigenvalue weighted by atomic mass is 16.3. The number of aromatic hydroxyl groups is 1. The summed E-state index contributed by atoms with van der Waals surface area (Å²) in [6.07, 6.45) is 5.03. The Morgan fingerprint density at radius 3 is 2.21 bits per heavy atom. The van der Waals surface area contributed by atoms with Crippen molar-refractivity contribution in [2.24, 2.45) is 23.7 Å². The number of carbonyl (C=O) groups excluding carboxylic acids is 3. The van der Waals surface area contributed by atoms with Gasteiger partial charge in [0.2, 0.25) is 11.8 Å². The molecule has 0 unspecified atom stereocenters. The fourth-order valence-electron chi connectivity index (χ4n) is 4.71. The molecule has 5 rings (SSSR count). The number of hydrogen-bond donors (Lipinski definition) is 2. The minimum Gasteiger partial charge on any atom is -0.508 e. The molecule has 4 atom stereocenters. The van der Waals surface area contributed by atoms with Gasteiger partial charge in [-0.3, -0.25) is 19.3 Å². The molecule has 2 aliphatic carbocycles. The normalized spacial score (nSPS) is 27.4. The Morgan fingerprint density at radius 2 is 1.61 bits per heavy atom. The van der Waals surface area contributed by atoms with Crippen molar-refractivity contribution in [1.29, 1.82) is 0 Å². The average Bonchev–Trinajstić information content (AvgIpc) is 3.36. The van der Waals surface area contributed by atoms with E-state index in [1.54, 1.807) is 36.4 Å². The molecule has 1 saturated carbocycles. The van der Waals surface area contributed by atoms with Gasteiger partial charge in [0.25, 0.3) is 5.91 Å². The molecule has 1 aliphatic heterocycles. The summed E-state index contributed by atoms with van der Waals surface area (Å²) in [6, 6.07) is 12.7. The van der Waals surface area contributed by atoms with Gasteiger partial charge in [-0.2, -0.15) is 0 Å². The lowest BCUT2D eigenvalue weighted by molar-refractivity contribution is -0.123. The van der Waals surface area contributed by atoms with Gasteiger partial charge >= 0.3 is 0 Å². The van der Waals surface area contributed by atoms with Gasteiger partial charge in [-0.05, 0) is 54.7 Å². The summed E-state index contributed by atoms with van der Waals surface area (Å²) >= 11 is 0. The monoisotopic (exact) mass is 374 g/mol. The van der Waals surface area contributed by atoms with Crippen molar-refractivity contribution >= 4 is 29.1 Å². The first kappa shape index (κ1) is 16.7. The number of fused-ring (bicyclic) bond motifs is 5. The number of rotatable bonds is 3. The van der Waals surface area contributed by atoms with Crippen LogP contribution in [0.15, 0.2) is 60.7 Å². The zero-order chi connectivity index (χ0) is 19.4. The van der Waals surface area contributed by atoms with Crippen molar-refractivity contribution in [3.05, 3.63) is 66.2 Å². The molecule has 1 heterocycles. The van der Waals surface area contributed by atoms with E-state index in [9.17, 15) is 19.5 Å². The molecule has 1 saturated heterocycles. The number of phenolic OH excluding ortho intramolecular Hbond substituents is 1. The molecule has 2 fully saturated rings. The maximum absolute atomic E-state index is 12.8. The summed E-state index contributed by atoms with van der Waals surface area (Å²) in [5.74, 6) is -0.684. The van der Waals surface area contributed by atoms with E-state index in [-0.39, 0.29) is 47.1 Å². The van der Waals surface area contributed by atoms with Gasteiger partial charge in [0, 0.05) is 17.3 Å². The largest absolute Gasteiger partial charge is 0.508 e. The molecule has 0 spiro atoms. The molecular formula is C22H18N2O4. The van der Waals surface area contributed by atoms with Crippen LogP contribution < -0.4 is 10.2 Å². The van der Waals surface area contributed by atoms with Gasteiger partial charge in [0.1, 0.15) is 5.75 Å². The topological polar surface area (TPSA) is 86.7 Å². The number of phenols is 1. The molecule has 2 bridgehead atoms. The minimum absolute atomic E-state index is 0.0632. The Morgan fingerprint density at radius 1 is 0.964 bits per heavy atom. The van der Waals surface area contributed by atoms with Crippen LogP contribution in [0.25, 0.3) is 0 Å². The third kappa shape index (κ3) is 2.45. The highest BCUT2D eigenvalue weighted by molar-refractivity contribution is 6.23. The predicted octanol–water partition coefficient (Wildman–Crippen LogP) is 2.96. The van der Waals surface area contributed by atoms with Crippen LogP contribution >= 0.6 is 0 Å². The molecular weight excluding hydrogens is 356 g/mol. The van der Waals surface area contributed by atoms with Gasteiger partial charge in [0.15, 0.2) is 0 Å². The van der Waals surface area contributed by atoms with Gasteiger partial charge < -0.3 is 10.4 Å². The zero-order valence-electron chi connectivity index (χ0n) is 14.9. The molecule has 3 amide bonds. The van der Waals surface area contributed by atoms with Crippen LogP contribution in [0, 0.1) is 23.7 Å². The van der Waals surface area contributed by atoms with E-state index in [0.29, 0.717) is 16.9 Å². The van der Waals surface area contributed by atoms with E-state index in [1.807, 2.05) is 0 Å². The smallest absolute Gasteiger partial charge is 0.255 e. The number of amides is 3. The number of imide groups is 1. The van der Waals surface area contributed by atoms with Crippen LogP contribution in [0.2, 0.25) is 0 Å². The zero-order valence-corrected chi connectivity index (χ0v) is 14.9. The molecule has 0 radical (unpaired) electrons. The fraction of sp³-hybridized carbons (Fsp3) is 0.227. The molecule has 28 heavy (non-hydrogen) atoms. The Bertz CT molecular complexity index is 997. The Balaban J connectivity index is 1.35. The van der Waals surface area contributed by atoms with Gasteiger partial charge in [-0.25, -0.2) is 0 Å². The predicted molar refractivity (Wildman–Crippen MR) is 103 cm³/mol. The van der Waals surface area contributed by atoms with Gasteiger partial charge in [-0.15, -0.1) is 0 Å². The molecule has 0 aromatic heterocycles. The highest BCUT2D eigenvalue weighted by Gasteiger charge is 2.59. The second-order valence-corrected chi connectivity index (χ2v) is 7.56. The molecule has 6 heteroatoms. The lowest BCUT2D eigenvalue weighted by atomic mass is 9.85. The molecule has 2 N–H and O–H groups in total. The Labute approximate surface area is 161 Å². The van der Waals surface area contributed by atoms with Crippen molar-refractivity contribution in [3.63, 3.8) is 0 Å². The molecule has 3 aliphatic rings. The quantitative estimate of drug-likeness (QED) is 0.639. The van der Waals surface area contributed by atoms with Crippen molar-refractivity contribution in [3.8, 4) is 5.75 Å². The molecule has 6 nitrogen and oxygen atoms in total. The minimum atomic E-state index is -0.338. The third-order valence-corrected chi connectivity index (χ3v) is 5.96. The lowest BCUT2D eigenvalue weighted by Crippen LogP contribution is -2.32. The third-order valence-electron chi connectivity index (χ3n) is 5.96. The van der Waals surface area contributed by atoms with Crippen LogP contribution in [0.1, 0.15) is 16.8 Å². The van der Waals surface area contributed by atoms with E-state index in [2.05, 4.69) is 17.5 Å². The summed E-state index contributed by atoms with van der Waals surface area (Å²) in [5, 5.41) is 12.2. The van der Waals surface area contributed by atoms with Crippen molar-refractivity contribution in [2.45, 2.75) is 6.42 Å². The van der Waals surface area contributed by atoms with Crippen LogP contribution in [-0.2, 0) is 9.59 Å². The van der Waals surface area contributed by atoms with E-state index >= 15 is 0 Å². The van der Waals surface area contributed by atoms with E-state index in [1.165, 1.54) is 17.0 Å². The lowest BCUT2D eigenvalue weighted by Gasteiger charge is -2.17. The second kappa shape index (κ2) is 6.05. The standard InChI is InChI=1S/C22H18N2O4/c25-17-3-1-2-15(11-17)23-20(26)12-6-8-16(9-7-12)24-21(27)18-13-4-5-14(10-13)19(18)22(24)28/h1-9,11,13-14,18-19,25H,10H2,(H,23,26)/t13-,14-,18-,19-/m0/s1. The number of anilines is 2. The summed E-state index contributed by atoms with van der Waals surface area (Å²) in [5.41, 5.74) is 1.38. The number of nitrogens with one attached hydrogen (secondary N) is 1. The number of carbonyl (C=O) groups is 3.